The Morgan fingerprint density at radius 1 is 1.28 bits per heavy atom. The molecule has 0 aliphatic heterocycles. The van der Waals surface area contributed by atoms with Gasteiger partial charge in [-0.3, -0.25) is 0 Å². The summed E-state index contributed by atoms with van der Waals surface area (Å²) in [6.45, 7) is 4.11. The number of aliphatic hydroxyl groups excluding tert-OH is 1. The van der Waals surface area contributed by atoms with Crippen molar-refractivity contribution in [2.75, 3.05) is 19.0 Å². The van der Waals surface area contributed by atoms with Gasteiger partial charge in [0.1, 0.15) is 11.9 Å². The van der Waals surface area contributed by atoms with Crippen molar-refractivity contribution < 1.29 is 9.84 Å². The largest absolute Gasteiger partial charge is 0.488 e. The second-order valence-electron chi connectivity index (χ2n) is 4.81. The zero-order valence-corrected chi connectivity index (χ0v) is 11.9. The van der Waals surface area contributed by atoms with Crippen molar-refractivity contribution in [3.8, 4) is 5.75 Å². The van der Waals surface area contributed by atoms with Gasteiger partial charge in [-0.1, -0.05) is 26.3 Å². The molecule has 3 heteroatoms. The molecule has 0 aliphatic carbocycles. The van der Waals surface area contributed by atoms with Crippen molar-refractivity contribution in [2.45, 2.75) is 45.3 Å². The third-order valence-electron chi connectivity index (χ3n) is 3.04. The van der Waals surface area contributed by atoms with Gasteiger partial charge in [0.25, 0.3) is 0 Å². The average molecular weight is 251 g/mol. The monoisotopic (exact) mass is 251 g/mol. The predicted molar refractivity (Wildman–Crippen MR) is 76.4 cm³/mol. The highest BCUT2D eigenvalue weighted by atomic mass is 16.5. The summed E-state index contributed by atoms with van der Waals surface area (Å²) in [5, 5.41) is 10.0. The number of ether oxygens (including phenoxy) is 1. The molecule has 0 fully saturated rings. The van der Waals surface area contributed by atoms with Crippen LogP contribution in [0.25, 0.3) is 0 Å². The molecule has 0 radical (unpaired) electrons. The van der Waals surface area contributed by atoms with Gasteiger partial charge in [0, 0.05) is 25.8 Å². The van der Waals surface area contributed by atoms with Crippen molar-refractivity contribution in [3.05, 3.63) is 24.3 Å². The van der Waals surface area contributed by atoms with Gasteiger partial charge < -0.3 is 14.7 Å². The van der Waals surface area contributed by atoms with Crippen LogP contribution in [0, 0.1) is 0 Å². The standard InChI is InChI=1S/C15H25NO2/c1-5-8-14(17)15(6-2)18-13-10-7-9-12(11-13)16(3)4/h7,9-11,14-15,17H,5-6,8H2,1-4H3. The van der Waals surface area contributed by atoms with Gasteiger partial charge in [-0.15, -0.1) is 0 Å². The number of nitrogens with zero attached hydrogens (tertiary/aromatic N) is 1. The van der Waals surface area contributed by atoms with Crippen molar-refractivity contribution in [2.24, 2.45) is 0 Å². The maximum atomic E-state index is 10.0. The molecule has 18 heavy (non-hydrogen) atoms. The Kier molecular flexibility index (Phi) is 5.99. The van der Waals surface area contributed by atoms with Crippen LogP contribution >= 0.6 is 0 Å². The average Bonchev–Trinajstić information content (AvgIpc) is 2.36. The molecule has 3 nitrogen and oxygen atoms in total. The second-order valence-corrected chi connectivity index (χ2v) is 4.81. The van der Waals surface area contributed by atoms with E-state index in [2.05, 4.69) is 6.92 Å². The first-order chi connectivity index (χ1) is 8.58. The van der Waals surface area contributed by atoms with Crippen LogP contribution in [0.3, 0.4) is 0 Å². The number of hydrogen-bond acceptors (Lipinski definition) is 3. The Labute approximate surface area is 110 Å². The molecule has 0 aliphatic rings. The summed E-state index contributed by atoms with van der Waals surface area (Å²) in [6.07, 6.45) is 2.06. The Morgan fingerprint density at radius 2 is 2.00 bits per heavy atom. The molecule has 1 N–H and O–H groups in total. The molecule has 0 saturated carbocycles. The van der Waals surface area contributed by atoms with E-state index in [-0.39, 0.29) is 12.2 Å². The molecule has 2 atom stereocenters. The van der Waals surface area contributed by atoms with Gasteiger partial charge >= 0.3 is 0 Å². The fourth-order valence-electron chi connectivity index (χ4n) is 1.93. The number of benzene rings is 1. The van der Waals surface area contributed by atoms with Crippen LogP contribution in [0.15, 0.2) is 24.3 Å². The number of hydrogen-bond donors (Lipinski definition) is 1. The van der Waals surface area contributed by atoms with Crippen molar-refractivity contribution in [1.29, 1.82) is 0 Å². The minimum Gasteiger partial charge on any atom is -0.488 e. The maximum Gasteiger partial charge on any atom is 0.124 e. The van der Waals surface area contributed by atoms with E-state index in [1.54, 1.807) is 0 Å². The minimum absolute atomic E-state index is 0.123. The lowest BCUT2D eigenvalue weighted by molar-refractivity contribution is 0.0285. The fraction of sp³-hybridized carbons (Fsp3) is 0.600. The summed E-state index contributed by atoms with van der Waals surface area (Å²) in [4.78, 5) is 2.04. The molecule has 1 aromatic carbocycles. The van der Waals surface area contributed by atoms with E-state index in [0.717, 1.165) is 30.7 Å². The molecule has 0 amide bonds. The molecule has 2 unspecified atom stereocenters. The first-order valence-corrected chi connectivity index (χ1v) is 6.70. The third kappa shape index (κ3) is 4.22. The van der Waals surface area contributed by atoms with Gasteiger partial charge in [-0.05, 0) is 25.0 Å². The Hall–Kier alpha value is -1.22. The van der Waals surface area contributed by atoms with Gasteiger partial charge in [-0.25, -0.2) is 0 Å². The normalized spacial score (nSPS) is 14.1. The molecule has 1 rings (SSSR count). The first-order valence-electron chi connectivity index (χ1n) is 6.70. The third-order valence-corrected chi connectivity index (χ3v) is 3.04. The highest BCUT2D eigenvalue weighted by Crippen LogP contribution is 2.22. The van der Waals surface area contributed by atoms with E-state index in [0.29, 0.717) is 0 Å². The Balaban J connectivity index is 2.72. The molecule has 0 saturated heterocycles. The van der Waals surface area contributed by atoms with Crippen LogP contribution < -0.4 is 9.64 Å². The Bertz CT molecular complexity index is 352. The van der Waals surface area contributed by atoms with E-state index in [1.165, 1.54) is 0 Å². The van der Waals surface area contributed by atoms with E-state index < -0.39 is 0 Å². The molecule has 0 spiro atoms. The molecule has 102 valence electrons. The Morgan fingerprint density at radius 3 is 2.56 bits per heavy atom. The number of aliphatic hydroxyl groups is 1. The van der Waals surface area contributed by atoms with E-state index in [4.69, 9.17) is 4.74 Å². The highest BCUT2D eigenvalue weighted by molar-refractivity contribution is 5.49. The zero-order chi connectivity index (χ0) is 13.5. The van der Waals surface area contributed by atoms with Crippen molar-refractivity contribution in [1.82, 2.24) is 0 Å². The van der Waals surface area contributed by atoms with Gasteiger partial charge in [0.2, 0.25) is 0 Å². The first kappa shape index (κ1) is 14.8. The minimum atomic E-state index is -0.386. The van der Waals surface area contributed by atoms with Crippen LogP contribution in [-0.2, 0) is 0 Å². The summed E-state index contributed by atoms with van der Waals surface area (Å²) in [7, 11) is 4.00. The van der Waals surface area contributed by atoms with E-state index in [1.807, 2.05) is 50.2 Å². The second kappa shape index (κ2) is 7.27. The summed E-state index contributed by atoms with van der Waals surface area (Å²) < 4.78 is 5.89. The fourth-order valence-corrected chi connectivity index (χ4v) is 1.93. The summed E-state index contributed by atoms with van der Waals surface area (Å²) in [5.74, 6) is 0.822. The summed E-state index contributed by atoms with van der Waals surface area (Å²) in [5.41, 5.74) is 1.10. The van der Waals surface area contributed by atoms with Gasteiger partial charge in [0.05, 0.1) is 6.10 Å². The molecule has 0 bridgehead atoms. The lowest BCUT2D eigenvalue weighted by Gasteiger charge is -2.23. The lowest BCUT2D eigenvalue weighted by atomic mass is 10.1. The van der Waals surface area contributed by atoms with E-state index >= 15 is 0 Å². The van der Waals surface area contributed by atoms with Gasteiger partial charge in [0.15, 0.2) is 0 Å². The predicted octanol–water partition coefficient (Wildman–Crippen LogP) is 3.07. The van der Waals surface area contributed by atoms with Crippen LogP contribution in [0.1, 0.15) is 33.1 Å². The van der Waals surface area contributed by atoms with Crippen LogP contribution in [-0.4, -0.2) is 31.4 Å². The van der Waals surface area contributed by atoms with Crippen molar-refractivity contribution >= 4 is 5.69 Å². The molecule has 0 aromatic heterocycles. The van der Waals surface area contributed by atoms with Crippen LogP contribution in [0.2, 0.25) is 0 Å². The topological polar surface area (TPSA) is 32.7 Å². The van der Waals surface area contributed by atoms with Crippen LogP contribution in [0.5, 0.6) is 5.75 Å². The number of anilines is 1. The zero-order valence-electron chi connectivity index (χ0n) is 11.9. The smallest absolute Gasteiger partial charge is 0.124 e. The molecule has 1 aromatic rings. The summed E-state index contributed by atoms with van der Waals surface area (Å²) in [6, 6.07) is 7.95. The van der Waals surface area contributed by atoms with Crippen LogP contribution in [0.4, 0.5) is 5.69 Å². The van der Waals surface area contributed by atoms with Crippen molar-refractivity contribution in [3.63, 3.8) is 0 Å². The highest BCUT2D eigenvalue weighted by Gasteiger charge is 2.18. The summed E-state index contributed by atoms with van der Waals surface area (Å²) >= 11 is 0. The van der Waals surface area contributed by atoms with Gasteiger partial charge in [-0.2, -0.15) is 0 Å². The number of rotatable bonds is 7. The van der Waals surface area contributed by atoms with E-state index in [9.17, 15) is 5.11 Å². The molecular weight excluding hydrogens is 226 g/mol. The quantitative estimate of drug-likeness (QED) is 0.808. The molecule has 0 heterocycles. The lowest BCUT2D eigenvalue weighted by Crippen LogP contribution is -2.31. The maximum absolute atomic E-state index is 10.0. The molecular formula is C15H25NO2. The SMILES string of the molecule is CCCC(O)C(CC)Oc1cccc(N(C)C)c1.